The zero-order valence-corrected chi connectivity index (χ0v) is 23.1. The Balaban J connectivity index is 1.59. The van der Waals surface area contributed by atoms with Gasteiger partial charge in [-0.3, -0.25) is 4.79 Å². The van der Waals surface area contributed by atoms with Crippen molar-refractivity contribution >= 4 is 67.4 Å². The van der Waals surface area contributed by atoms with Crippen LogP contribution in [0.15, 0.2) is 28.7 Å². The fourth-order valence-electron chi connectivity index (χ4n) is 4.72. The van der Waals surface area contributed by atoms with E-state index in [2.05, 4.69) is 52.7 Å². The molecular weight excluding hydrogens is 555 g/mol. The lowest BCUT2D eigenvalue weighted by atomic mass is 9.97. The molecule has 2 aromatic heterocycles. The van der Waals surface area contributed by atoms with Crippen molar-refractivity contribution in [1.82, 2.24) is 19.9 Å². The molecule has 0 radical (unpaired) electrons. The van der Waals surface area contributed by atoms with Crippen molar-refractivity contribution in [2.24, 2.45) is 0 Å². The van der Waals surface area contributed by atoms with E-state index in [4.69, 9.17) is 28.2 Å². The van der Waals surface area contributed by atoms with Crippen LogP contribution in [-0.2, 0) is 5.54 Å². The van der Waals surface area contributed by atoms with Gasteiger partial charge in [0.15, 0.2) is 0 Å². The van der Waals surface area contributed by atoms with Gasteiger partial charge in [-0.1, -0.05) is 51.3 Å². The first kappa shape index (κ1) is 23.8. The number of amides is 1. The molecule has 5 rings (SSSR count). The molecule has 5 nitrogen and oxygen atoms in total. The van der Waals surface area contributed by atoms with Gasteiger partial charge in [0.25, 0.3) is 5.91 Å². The average molecular weight is 578 g/mol. The topological polar surface area (TPSA) is 61.9 Å². The number of rotatable bonds is 3. The molecule has 1 fully saturated rings. The largest absolute Gasteiger partial charge is 0.340 e. The van der Waals surface area contributed by atoms with Gasteiger partial charge in [0.2, 0.25) is 0 Å². The zero-order chi connectivity index (χ0) is 24.4. The summed E-state index contributed by atoms with van der Waals surface area (Å²) >= 11 is 17.9. The number of likely N-dealkylation sites (tertiary alicyclic amines) is 1. The predicted octanol–water partition coefficient (Wildman–Crippen LogP) is 7.83. The highest BCUT2D eigenvalue weighted by Crippen LogP contribution is 2.43. The highest BCUT2D eigenvalue weighted by atomic mass is 79.9. The molecule has 34 heavy (non-hydrogen) atoms. The molecule has 1 aliphatic heterocycles. The van der Waals surface area contributed by atoms with Crippen LogP contribution in [-0.4, -0.2) is 32.3 Å². The molecule has 3 heterocycles. The number of hydrogen-bond acceptors (Lipinski definition) is 4. The standard InChI is InChI=1S/C25H23BrCl2N4OS/c1-12-13(2)20-18(11-16(12)26)30-24(31-20)25(4)9-6-10-32(25)23(33)21-22(34-14(3)29-21)15-7-5-8-17(27)19(15)28/h5,7-8,11H,6,9-10H2,1-4H3,(H,30,31). The van der Waals surface area contributed by atoms with Crippen LogP contribution in [0, 0.1) is 20.8 Å². The number of aryl methyl sites for hydroxylation is 2. The lowest BCUT2D eigenvalue weighted by molar-refractivity contribution is 0.0601. The van der Waals surface area contributed by atoms with Gasteiger partial charge in [-0.15, -0.1) is 11.3 Å². The number of imidazole rings is 1. The van der Waals surface area contributed by atoms with Gasteiger partial charge in [0.05, 0.1) is 36.5 Å². The Kier molecular flexibility index (Phi) is 6.04. The second kappa shape index (κ2) is 8.63. The fourth-order valence-corrected chi connectivity index (χ4v) is 6.64. The van der Waals surface area contributed by atoms with Gasteiger partial charge in [-0.2, -0.15) is 0 Å². The third-order valence-corrected chi connectivity index (χ3v) is 9.45. The number of aromatic amines is 1. The van der Waals surface area contributed by atoms with E-state index < -0.39 is 5.54 Å². The molecular formula is C25H23BrCl2N4OS. The maximum atomic E-state index is 14.0. The molecule has 1 amide bonds. The summed E-state index contributed by atoms with van der Waals surface area (Å²) in [5.74, 6) is 0.674. The number of halogens is 3. The van der Waals surface area contributed by atoms with Crippen molar-refractivity contribution in [3.05, 3.63) is 66.4 Å². The van der Waals surface area contributed by atoms with Gasteiger partial charge >= 0.3 is 0 Å². The number of hydrogen-bond donors (Lipinski definition) is 1. The van der Waals surface area contributed by atoms with Gasteiger partial charge in [0, 0.05) is 16.6 Å². The Morgan fingerprint density at radius 3 is 2.74 bits per heavy atom. The number of nitrogens with zero attached hydrogens (tertiary/aromatic N) is 3. The number of thiazole rings is 1. The molecule has 4 aromatic rings. The van der Waals surface area contributed by atoms with Crippen LogP contribution in [0.1, 0.15) is 52.2 Å². The minimum atomic E-state index is -0.574. The molecule has 0 aliphatic carbocycles. The maximum Gasteiger partial charge on any atom is 0.274 e. The molecule has 1 N–H and O–H groups in total. The molecule has 1 atom stereocenters. The molecule has 0 saturated carbocycles. The summed E-state index contributed by atoms with van der Waals surface area (Å²) in [7, 11) is 0. The number of carbonyl (C=O) groups excluding carboxylic acids is 1. The van der Waals surface area contributed by atoms with E-state index in [1.54, 1.807) is 6.07 Å². The van der Waals surface area contributed by atoms with Crippen LogP contribution in [0.5, 0.6) is 0 Å². The van der Waals surface area contributed by atoms with Crippen molar-refractivity contribution in [3.63, 3.8) is 0 Å². The first-order valence-electron chi connectivity index (χ1n) is 11.0. The zero-order valence-electron chi connectivity index (χ0n) is 19.2. The minimum Gasteiger partial charge on any atom is -0.340 e. The molecule has 9 heteroatoms. The smallest absolute Gasteiger partial charge is 0.274 e. The second-order valence-electron chi connectivity index (χ2n) is 8.94. The molecule has 1 saturated heterocycles. The molecule has 1 unspecified atom stereocenters. The predicted molar refractivity (Wildman–Crippen MR) is 143 cm³/mol. The third-order valence-electron chi connectivity index (χ3n) is 6.81. The van der Waals surface area contributed by atoms with E-state index in [0.717, 1.165) is 60.7 Å². The number of H-pyrrole nitrogens is 1. The summed E-state index contributed by atoms with van der Waals surface area (Å²) in [5.41, 5.74) is 4.74. The summed E-state index contributed by atoms with van der Waals surface area (Å²) < 4.78 is 1.04. The van der Waals surface area contributed by atoms with Crippen LogP contribution in [0.25, 0.3) is 21.5 Å². The van der Waals surface area contributed by atoms with E-state index >= 15 is 0 Å². The van der Waals surface area contributed by atoms with Crippen molar-refractivity contribution in [2.45, 2.75) is 46.1 Å². The van der Waals surface area contributed by atoms with Crippen molar-refractivity contribution < 1.29 is 4.79 Å². The molecule has 2 aromatic carbocycles. The molecule has 0 bridgehead atoms. The van der Waals surface area contributed by atoms with Gasteiger partial charge in [-0.05, 0) is 63.8 Å². The van der Waals surface area contributed by atoms with Crippen LogP contribution >= 0.6 is 50.5 Å². The summed E-state index contributed by atoms with van der Waals surface area (Å²) in [5, 5.41) is 1.68. The van der Waals surface area contributed by atoms with Crippen LogP contribution < -0.4 is 0 Å². The lowest BCUT2D eigenvalue weighted by Gasteiger charge is -2.33. The van der Waals surface area contributed by atoms with E-state index in [1.807, 2.05) is 24.0 Å². The SMILES string of the molecule is Cc1nc(C(=O)N2CCCC2(C)c2nc3c(C)c(C)c(Br)cc3[nH]2)c(-c2cccc(Cl)c2Cl)s1. The lowest BCUT2D eigenvalue weighted by Crippen LogP contribution is -2.44. The van der Waals surface area contributed by atoms with Gasteiger partial charge in [-0.25, -0.2) is 9.97 Å². The Bertz CT molecular complexity index is 1460. The number of carbonyl (C=O) groups is 1. The summed E-state index contributed by atoms with van der Waals surface area (Å²) in [6, 6.07) is 7.51. The van der Waals surface area contributed by atoms with Crippen molar-refractivity contribution in [2.75, 3.05) is 6.54 Å². The van der Waals surface area contributed by atoms with Gasteiger partial charge in [0.1, 0.15) is 11.5 Å². The first-order chi connectivity index (χ1) is 16.1. The average Bonchev–Trinajstić information content (AvgIpc) is 3.51. The Labute approximate surface area is 220 Å². The number of benzene rings is 2. The maximum absolute atomic E-state index is 14.0. The highest BCUT2D eigenvalue weighted by Gasteiger charge is 2.45. The Hall–Kier alpha value is -1.93. The molecule has 0 spiro atoms. The van der Waals surface area contributed by atoms with E-state index in [-0.39, 0.29) is 5.91 Å². The van der Waals surface area contributed by atoms with E-state index in [1.165, 1.54) is 11.3 Å². The van der Waals surface area contributed by atoms with E-state index in [0.29, 0.717) is 22.3 Å². The summed E-state index contributed by atoms with van der Waals surface area (Å²) in [6.07, 6.45) is 1.70. The highest BCUT2D eigenvalue weighted by molar-refractivity contribution is 9.10. The second-order valence-corrected chi connectivity index (χ2v) is 11.8. The number of nitrogens with one attached hydrogen (secondary N) is 1. The van der Waals surface area contributed by atoms with Crippen molar-refractivity contribution in [3.8, 4) is 10.4 Å². The van der Waals surface area contributed by atoms with Crippen molar-refractivity contribution in [1.29, 1.82) is 0 Å². The number of aromatic nitrogens is 3. The first-order valence-corrected chi connectivity index (χ1v) is 13.4. The quantitative estimate of drug-likeness (QED) is 0.270. The van der Waals surface area contributed by atoms with Crippen LogP contribution in [0.2, 0.25) is 10.0 Å². The molecule has 176 valence electrons. The Morgan fingerprint density at radius 2 is 1.97 bits per heavy atom. The van der Waals surface area contributed by atoms with Gasteiger partial charge < -0.3 is 9.88 Å². The Morgan fingerprint density at radius 1 is 1.21 bits per heavy atom. The normalized spacial score (nSPS) is 18.3. The van der Waals surface area contributed by atoms with Crippen LogP contribution in [0.4, 0.5) is 0 Å². The summed E-state index contributed by atoms with van der Waals surface area (Å²) in [4.78, 5) is 29.7. The third kappa shape index (κ3) is 3.68. The number of fused-ring (bicyclic) bond motifs is 1. The molecule has 1 aliphatic rings. The minimum absolute atomic E-state index is 0.120. The fraction of sp³-hybridized carbons (Fsp3) is 0.320. The monoisotopic (exact) mass is 576 g/mol. The van der Waals surface area contributed by atoms with E-state index in [9.17, 15) is 4.79 Å². The summed E-state index contributed by atoms with van der Waals surface area (Å²) in [6.45, 7) is 8.76. The van der Waals surface area contributed by atoms with Crippen LogP contribution in [0.3, 0.4) is 0 Å².